The number of ketones is 1. The number of nitrogens with zero attached hydrogens (tertiary/aromatic N) is 1. The second kappa shape index (κ2) is 4.94. The molecule has 0 radical (unpaired) electrons. The standard InChI is InChI=1S/C9H10ClNO2/c1-13-6-8(12)4-7-2-3-11-5-9(7)10/h2-3,5H,4,6H2,1H3. The molecule has 1 heterocycles. The van der Waals surface area contributed by atoms with Crippen molar-refractivity contribution in [1.29, 1.82) is 0 Å². The highest BCUT2D eigenvalue weighted by molar-refractivity contribution is 6.31. The summed E-state index contributed by atoms with van der Waals surface area (Å²) in [6.45, 7) is 0.124. The van der Waals surface area contributed by atoms with Gasteiger partial charge >= 0.3 is 0 Å². The van der Waals surface area contributed by atoms with Crippen LogP contribution in [0.1, 0.15) is 5.56 Å². The molecule has 13 heavy (non-hydrogen) atoms. The summed E-state index contributed by atoms with van der Waals surface area (Å²) < 4.78 is 4.71. The summed E-state index contributed by atoms with van der Waals surface area (Å²) in [7, 11) is 1.49. The molecule has 1 aromatic rings. The Morgan fingerprint density at radius 2 is 2.46 bits per heavy atom. The molecule has 0 aromatic carbocycles. The lowest BCUT2D eigenvalue weighted by molar-refractivity contribution is -0.121. The lowest BCUT2D eigenvalue weighted by Gasteiger charge is -2.01. The summed E-state index contributed by atoms with van der Waals surface area (Å²) in [6.07, 6.45) is 3.44. The van der Waals surface area contributed by atoms with E-state index in [1.54, 1.807) is 12.3 Å². The molecule has 1 rings (SSSR count). The van der Waals surface area contributed by atoms with Crippen LogP contribution < -0.4 is 0 Å². The minimum atomic E-state index is 0.00981. The average molecular weight is 200 g/mol. The van der Waals surface area contributed by atoms with Crippen molar-refractivity contribution in [2.75, 3.05) is 13.7 Å². The number of pyridine rings is 1. The van der Waals surface area contributed by atoms with Crippen molar-refractivity contribution in [3.63, 3.8) is 0 Å². The molecule has 1 aromatic heterocycles. The smallest absolute Gasteiger partial charge is 0.162 e. The van der Waals surface area contributed by atoms with Gasteiger partial charge in [0.2, 0.25) is 0 Å². The van der Waals surface area contributed by atoms with E-state index >= 15 is 0 Å². The van der Waals surface area contributed by atoms with Crippen molar-refractivity contribution in [3.8, 4) is 0 Å². The third-order valence-electron chi connectivity index (χ3n) is 1.55. The topological polar surface area (TPSA) is 39.2 Å². The number of hydrogen-bond acceptors (Lipinski definition) is 3. The summed E-state index contributed by atoms with van der Waals surface area (Å²) in [5.41, 5.74) is 0.790. The molecule has 0 unspecified atom stereocenters. The van der Waals surface area contributed by atoms with E-state index in [0.29, 0.717) is 11.4 Å². The van der Waals surface area contributed by atoms with Gasteiger partial charge in [0.1, 0.15) is 6.61 Å². The summed E-state index contributed by atoms with van der Waals surface area (Å²) >= 11 is 5.81. The molecule has 0 saturated carbocycles. The minimum absolute atomic E-state index is 0.00981. The van der Waals surface area contributed by atoms with Crippen LogP contribution in [0.3, 0.4) is 0 Å². The van der Waals surface area contributed by atoms with Crippen LogP contribution in [0.15, 0.2) is 18.5 Å². The van der Waals surface area contributed by atoms with Crippen LogP contribution in [0.25, 0.3) is 0 Å². The first-order valence-corrected chi connectivity index (χ1v) is 4.21. The van der Waals surface area contributed by atoms with Crippen LogP contribution in [-0.4, -0.2) is 24.5 Å². The Morgan fingerprint density at radius 3 is 3.08 bits per heavy atom. The molecule has 3 nitrogen and oxygen atoms in total. The molecule has 4 heteroatoms. The molecule has 0 atom stereocenters. The number of aromatic nitrogens is 1. The maximum Gasteiger partial charge on any atom is 0.162 e. The quantitative estimate of drug-likeness (QED) is 0.738. The van der Waals surface area contributed by atoms with Gasteiger partial charge in [-0.25, -0.2) is 0 Å². The van der Waals surface area contributed by atoms with Crippen molar-refractivity contribution in [2.45, 2.75) is 6.42 Å². The lowest BCUT2D eigenvalue weighted by Crippen LogP contribution is -2.09. The van der Waals surface area contributed by atoms with Crippen molar-refractivity contribution in [1.82, 2.24) is 4.98 Å². The molecule has 0 bridgehead atoms. The maximum absolute atomic E-state index is 11.2. The highest BCUT2D eigenvalue weighted by Gasteiger charge is 2.05. The van der Waals surface area contributed by atoms with Gasteiger partial charge in [0, 0.05) is 25.9 Å². The summed E-state index contributed by atoms with van der Waals surface area (Å²) in [6, 6.07) is 1.73. The number of halogens is 1. The zero-order valence-corrected chi connectivity index (χ0v) is 8.04. The fraction of sp³-hybridized carbons (Fsp3) is 0.333. The van der Waals surface area contributed by atoms with Crippen LogP contribution in [0.2, 0.25) is 5.02 Å². The number of ether oxygens (including phenoxy) is 1. The second-order valence-corrected chi connectivity index (χ2v) is 3.02. The van der Waals surface area contributed by atoms with Gasteiger partial charge in [0.25, 0.3) is 0 Å². The summed E-state index contributed by atoms with van der Waals surface area (Å²) in [4.78, 5) is 15.0. The molecule has 0 spiro atoms. The number of carbonyl (C=O) groups excluding carboxylic acids is 1. The van der Waals surface area contributed by atoms with E-state index in [0.717, 1.165) is 5.56 Å². The van der Waals surface area contributed by atoms with Gasteiger partial charge in [0.15, 0.2) is 5.78 Å². The number of hydrogen-bond donors (Lipinski definition) is 0. The molecule has 0 aliphatic heterocycles. The molecule has 0 N–H and O–H groups in total. The number of Topliss-reactive ketones (excluding diaryl/α,β-unsaturated/α-hetero) is 1. The number of carbonyl (C=O) groups is 1. The SMILES string of the molecule is COCC(=O)Cc1ccncc1Cl. The maximum atomic E-state index is 11.2. The minimum Gasteiger partial charge on any atom is -0.377 e. The van der Waals surface area contributed by atoms with Crippen molar-refractivity contribution in [2.24, 2.45) is 0 Å². The van der Waals surface area contributed by atoms with Crippen molar-refractivity contribution >= 4 is 17.4 Å². The Morgan fingerprint density at radius 1 is 1.69 bits per heavy atom. The van der Waals surface area contributed by atoms with Gasteiger partial charge < -0.3 is 4.74 Å². The third kappa shape index (κ3) is 3.13. The molecule has 0 saturated heterocycles. The first kappa shape index (κ1) is 10.2. The predicted octanol–water partition coefficient (Wildman–Crippen LogP) is 1.49. The second-order valence-electron chi connectivity index (χ2n) is 2.62. The Labute approximate surface area is 81.7 Å². The van der Waals surface area contributed by atoms with E-state index in [2.05, 4.69) is 4.98 Å². The van der Waals surface area contributed by atoms with Crippen molar-refractivity contribution < 1.29 is 9.53 Å². The number of rotatable bonds is 4. The fourth-order valence-electron chi connectivity index (χ4n) is 0.972. The van der Waals surface area contributed by atoms with E-state index in [-0.39, 0.29) is 12.4 Å². The molecule has 0 aliphatic rings. The molecule has 70 valence electrons. The van der Waals surface area contributed by atoms with Gasteiger partial charge in [-0.05, 0) is 11.6 Å². The zero-order valence-electron chi connectivity index (χ0n) is 7.29. The van der Waals surface area contributed by atoms with Crippen molar-refractivity contribution in [3.05, 3.63) is 29.0 Å². The average Bonchev–Trinajstić information content (AvgIpc) is 2.09. The summed E-state index contributed by atoms with van der Waals surface area (Å²) in [5.74, 6) is 0.00981. The molecular weight excluding hydrogens is 190 g/mol. The third-order valence-corrected chi connectivity index (χ3v) is 1.89. The normalized spacial score (nSPS) is 10.0. The molecule has 0 amide bonds. The van der Waals surface area contributed by atoms with Gasteiger partial charge in [-0.3, -0.25) is 9.78 Å². The fourth-order valence-corrected chi connectivity index (χ4v) is 1.16. The number of methoxy groups -OCH3 is 1. The van der Waals surface area contributed by atoms with Crippen LogP contribution in [-0.2, 0) is 16.0 Å². The van der Waals surface area contributed by atoms with Gasteiger partial charge in [0.05, 0.1) is 5.02 Å². The largest absolute Gasteiger partial charge is 0.377 e. The van der Waals surface area contributed by atoms with E-state index in [1.807, 2.05) is 0 Å². The predicted molar refractivity (Wildman–Crippen MR) is 49.8 cm³/mol. The van der Waals surface area contributed by atoms with E-state index < -0.39 is 0 Å². The Bertz CT molecular complexity index is 301. The molecule has 0 aliphatic carbocycles. The van der Waals surface area contributed by atoms with Gasteiger partial charge in [-0.2, -0.15) is 0 Å². The molecule has 0 fully saturated rings. The van der Waals surface area contributed by atoms with Crippen LogP contribution in [0.5, 0.6) is 0 Å². The van der Waals surface area contributed by atoms with Crippen LogP contribution >= 0.6 is 11.6 Å². The summed E-state index contributed by atoms with van der Waals surface area (Å²) in [5, 5.41) is 0.520. The Kier molecular flexibility index (Phi) is 3.86. The first-order chi connectivity index (χ1) is 6.24. The molecular formula is C9H10ClNO2. The monoisotopic (exact) mass is 199 g/mol. The van der Waals surface area contributed by atoms with Gasteiger partial charge in [-0.15, -0.1) is 0 Å². The Hall–Kier alpha value is -0.930. The van der Waals surface area contributed by atoms with Crippen LogP contribution in [0.4, 0.5) is 0 Å². The van der Waals surface area contributed by atoms with E-state index in [4.69, 9.17) is 16.3 Å². The van der Waals surface area contributed by atoms with Gasteiger partial charge in [-0.1, -0.05) is 11.6 Å². The van der Waals surface area contributed by atoms with E-state index in [1.165, 1.54) is 13.3 Å². The van der Waals surface area contributed by atoms with Crippen LogP contribution in [0, 0.1) is 0 Å². The first-order valence-electron chi connectivity index (χ1n) is 3.83. The zero-order chi connectivity index (χ0) is 9.68. The highest BCUT2D eigenvalue weighted by Crippen LogP contribution is 2.13. The lowest BCUT2D eigenvalue weighted by atomic mass is 10.1. The Balaban J connectivity index is 2.63. The highest BCUT2D eigenvalue weighted by atomic mass is 35.5. The van der Waals surface area contributed by atoms with E-state index in [9.17, 15) is 4.79 Å².